The topological polar surface area (TPSA) is 39.1 Å². The number of halogens is 1. The molecule has 1 unspecified atom stereocenters. The van der Waals surface area contributed by atoms with Crippen molar-refractivity contribution >= 4 is 5.95 Å². The third-order valence-corrected chi connectivity index (χ3v) is 3.03. The van der Waals surface area contributed by atoms with Gasteiger partial charge in [0.05, 0.1) is 12.6 Å². The molecule has 0 spiro atoms. The molecule has 2 aromatic rings. The van der Waals surface area contributed by atoms with E-state index in [1.807, 2.05) is 23.8 Å². The molecule has 2 rings (SSSR count). The van der Waals surface area contributed by atoms with Gasteiger partial charge in [0.15, 0.2) is 0 Å². The Balaban J connectivity index is 2.18. The number of nitrogens with one attached hydrogen (secondary N) is 1. The molecule has 1 atom stereocenters. The fourth-order valence-electron chi connectivity index (χ4n) is 1.99. The number of rotatable bonds is 6. The third-order valence-electron chi connectivity index (χ3n) is 3.03. The minimum Gasteiger partial charge on any atom is -0.383 e. The zero-order valence-corrected chi connectivity index (χ0v) is 11.1. The number of methoxy groups -OCH3 is 1. The molecule has 0 bridgehead atoms. The highest BCUT2D eigenvalue weighted by Gasteiger charge is 2.14. The predicted octanol–water partition coefficient (Wildman–Crippen LogP) is 2.69. The second-order valence-electron chi connectivity index (χ2n) is 4.28. The molecular formula is C14H18FN3O. The lowest BCUT2D eigenvalue weighted by Gasteiger charge is -2.18. The average molecular weight is 263 g/mol. The van der Waals surface area contributed by atoms with Gasteiger partial charge in [0.1, 0.15) is 5.82 Å². The highest BCUT2D eigenvalue weighted by Crippen LogP contribution is 2.23. The number of ether oxygens (including phenoxy) is 1. The van der Waals surface area contributed by atoms with E-state index in [2.05, 4.69) is 10.3 Å². The maximum Gasteiger partial charge on any atom is 0.203 e. The van der Waals surface area contributed by atoms with Crippen molar-refractivity contribution in [1.82, 2.24) is 9.55 Å². The van der Waals surface area contributed by atoms with Gasteiger partial charge >= 0.3 is 0 Å². The van der Waals surface area contributed by atoms with Crippen molar-refractivity contribution in [3.63, 3.8) is 0 Å². The molecule has 1 aromatic heterocycles. The molecule has 0 saturated carbocycles. The zero-order valence-electron chi connectivity index (χ0n) is 11.1. The van der Waals surface area contributed by atoms with E-state index < -0.39 is 0 Å². The molecule has 5 heteroatoms. The van der Waals surface area contributed by atoms with Crippen molar-refractivity contribution in [2.24, 2.45) is 0 Å². The van der Waals surface area contributed by atoms with E-state index in [0.717, 1.165) is 0 Å². The van der Waals surface area contributed by atoms with Crippen LogP contribution in [0.15, 0.2) is 36.7 Å². The van der Waals surface area contributed by atoms with Gasteiger partial charge in [-0.15, -0.1) is 0 Å². The molecule has 19 heavy (non-hydrogen) atoms. The maximum absolute atomic E-state index is 13.8. The average Bonchev–Trinajstić information content (AvgIpc) is 2.87. The van der Waals surface area contributed by atoms with Crippen LogP contribution >= 0.6 is 0 Å². The van der Waals surface area contributed by atoms with E-state index in [9.17, 15) is 4.39 Å². The molecule has 1 N–H and O–H groups in total. The fraction of sp³-hybridized carbons (Fsp3) is 0.357. The summed E-state index contributed by atoms with van der Waals surface area (Å²) in [5.41, 5.74) is 0.648. The van der Waals surface area contributed by atoms with Crippen LogP contribution in [0.2, 0.25) is 0 Å². The number of anilines is 1. The smallest absolute Gasteiger partial charge is 0.203 e. The van der Waals surface area contributed by atoms with Crippen molar-refractivity contribution in [2.45, 2.75) is 13.0 Å². The van der Waals surface area contributed by atoms with Crippen LogP contribution in [0.3, 0.4) is 0 Å². The van der Waals surface area contributed by atoms with E-state index >= 15 is 0 Å². The number of hydrogen-bond donors (Lipinski definition) is 1. The SMILES string of the molecule is COCCNc1nccn1C(C)c1ccccc1F. The van der Waals surface area contributed by atoms with Gasteiger partial charge < -0.3 is 14.6 Å². The molecule has 0 aliphatic carbocycles. The Hall–Kier alpha value is -1.88. The Bertz CT molecular complexity index is 527. The summed E-state index contributed by atoms with van der Waals surface area (Å²) >= 11 is 0. The summed E-state index contributed by atoms with van der Waals surface area (Å²) in [4.78, 5) is 4.24. The van der Waals surface area contributed by atoms with Crippen LogP contribution in [-0.2, 0) is 4.74 Å². The summed E-state index contributed by atoms with van der Waals surface area (Å²) in [6, 6.07) is 6.68. The van der Waals surface area contributed by atoms with Gasteiger partial charge in [-0.05, 0) is 13.0 Å². The van der Waals surface area contributed by atoms with E-state index in [4.69, 9.17) is 4.74 Å². The number of aromatic nitrogens is 2. The minimum atomic E-state index is -0.202. The number of benzene rings is 1. The lowest BCUT2D eigenvalue weighted by atomic mass is 10.1. The molecule has 4 nitrogen and oxygen atoms in total. The van der Waals surface area contributed by atoms with Crippen LogP contribution in [0.5, 0.6) is 0 Å². The van der Waals surface area contributed by atoms with Crippen LogP contribution in [0, 0.1) is 5.82 Å². The molecule has 1 heterocycles. The quantitative estimate of drug-likeness (QED) is 0.814. The molecule has 1 aromatic carbocycles. The normalized spacial score (nSPS) is 12.4. The maximum atomic E-state index is 13.8. The Morgan fingerprint density at radius 2 is 2.21 bits per heavy atom. The Morgan fingerprint density at radius 1 is 1.42 bits per heavy atom. The molecule has 102 valence electrons. The summed E-state index contributed by atoms with van der Waals surface area (Å²) in [7, 11) is 1.65. The molecule has 0 saturated heterocycles. The fourth-order valence-corrected chi connectivity index (χ4v) is 1.99. The van der Waals surface area contributed by atoms with Crippen molar-refractivity contribution in [1.29, 1.82) is 0 Å². The van der Waals surface area contributed by atoms with Crippen LogP contribution in [-0.4, -0.2) is 29.8 Å². The van der Waals surface area contributed by atoms with Crippen molar-refractivity contribution in [3.8, 4) is 0 Å². The summed E-state index contributed by atoms with van der Waals surface area (Å²) < 4.78 is 20.7. The Kier molecular flexibility index (Phi) is 4.52. The summed E-state index contributed by atoms with van der Waals surface area (Å²) in [5, 5.41) is 3.17. The molecule has 0 aliphatic rings. The molecule has 0 radical (unpaired) electrons. The number of hydrogen-bond acceptors (Lipinski definition) is 3. The van der Waals surface area contributed by atoms with E-state index in [1.54, 1.807) is 25.4 Å². The standard InChI is InChI=1S/C14H18FN3O/c1-11(12-5-3-4-6-13(12)15)18-9-7-16-14(18)17-8-10-19-2/h3-7,9,11H,8,10H2,1-2H3,(H,16,17). The third kappa shape index (κ3) is 3.12. The first-order valence-electron chi connectivity index (χ1n) is 6.24. The molecule has 0 amide bonds. The van der Waals surface area contributed by atoms with Gasteiger partial charge in [0.25, 0.3) is 0 Å². The number of nitrogens with zero attached hydrogens (tertiary/aromatic N) is 2. The lowest BCUT2D eigenvalue weighted by Crippen LogP contribution is -2.15. The van der Waals surface area contributed by atoms with Crippen LogP contribution in [0.25, 0.3) is 0 Å². The van der Waals surface area contributed by atoms with E-state index in [0.29, 0.717) is 24.7 Å². The molecule has 0 aliphatic heterocycles. The van der Waals surface area contributed by atoms with Gasteiger partial charge in [-0.25, -0.2) is 9.37 Å². The van der Waals surface area contributed by atoms with E-state index in [1.165, 1.54) is 6.07 Å². The van der Waals surface area contributed by atoms with Crippen molar-refractivity contribution < 1.29 is 9.13 Å². The van der Waals surface area contributed by atoms with Gasteiger partial charge in [0, 0.05) is 31.6 Å². The Labute approximate surface area is 112 Å². The zero-order chi connectivity index (χ0) is 13.7. The first-order valence-corrected chi connectivity index (χ1v) is 6.24. The highest BCUT2D eigenvalue weighted by molar-refractivity contribution is 5.31. The first kappa shape index (κ1) is 13.5. The van der Waals surface area contributed by atoms with Crippen molar-refractivity contribution in [2.75, 3.05) is 25.6 Å². The Morgan fingerprint density at radius 3 is 2.95 bits per heavy atom. The predicted molar refractivity (Wildman–Crippen MR) is 72.8 cm³/mol. The van der Waals surface area contributed by atoms with Gasteiger partial charge in [-0.1, -0.05) is 18.2 Å². The summed E-state index contributed by atoms with van der Waals surface area (Å²) in [6.07, 6.45) is 3.54. The summed E-state index contributed by atoms with van der Waals surface area (Å²) in [5.74, 6) is 0.513. The second-order valence-corrected chi connectivity index (χ2v) is 4.28. The first-order chi connectivity index (χ1) is 9.24. The molecular weight excluding hydrogens is 245 g/mol. The van der Waals surface area contributed by atoms with Gasteiger partial charge in [-0.3, -0.25) is 0 Å². The van der Waals surface area contributed by atoms with Gasteiger partial charge in [0.2, 0.25) is 5.95 Å². The van der Waals surface area contributed by atoms with Gasteiger partial charge in [-0.2, -0.15) is 0 Å². The van der Waals surface area contributed by atoms with Crippen LogP contribution in [0.1, 0.15) is 18.5 Å². The minimum absolute atomic E-state index is 0.117. The van der Waals surface area contributed by atoms with E-state index in [-0.39, 0.29) is 11.9 Å². The lowest BCUT2D eigenvalue weighted by molar-refractivity contribution is 0.210. The van der Waals surface area contributed by atoms with Crippen LogP contribution < -0.4 is 5.32 Å². The second kappa shape index (κ2) is 6.33. The number of imidazole rings is 1. The van der Waals surface area contributed by atoms with Crippen LogP contribution in [0.4, 0.5) is 10.3 Å². The molecule has 0 fully saturated rings. The highest BCUT2D eigenvalue weighted by atomic mass is 19.1. The summed E-state index contributed by atoms with van der Waals surface area (Å²) in [6.45, 7) is 3.21. The largest absolute Gasteiger partial charge is 0.383 e. The monoisotopic (exact) mass is 263 g/mol. The van der Waals surface area contributed by atoms with Crippen molar-refractivity contribution in [3.05, 3.63) is 48.0 Å².